The van der Waals surface area contributed by atoms with Crippen molar-refractivity contribution in [2.45, 2.75) is 45.6 Å². The largest absolute Gasteiger partial charge is 0.374 e. The number of nitro benzene ring substituents is 1. The van der Waals surface area contributed by atoms with Crippen molar-refractivity contribution < 1.29 is 13.7 Å². The number of hydrogen-bond acceptors (Lipinski definition) is 3. The maximum atomic E-state index is 13.9. The van der Waals surface area contributed by atoms with Gasteiger partial charge in [-0.05, 0) is 30.7 Å². The Morgan fingerprint density at radius 3 is 2.67 bits per heavy atom. The van der Waals surface area contributed by atoms with E-state index < -0.39 is 22.2 Å². The average Bonchev–Trinajstić information content (AvgIpc) is 2.44. The lowest BCUT2D eigenvalue weighted by atomic mass is 9.79. The maximum Gasteiger partial charge on any atom is 0.295 e. The fourth-order valence-electron chi connectivity index (χ4n) is 3.00. The number of halogens is 2. The quantitative estimate of drug-likeness (QED) is 0.657. The average molecular weight is 298 g/mol. The van der Waals surface area contributed by atoms with Crippen molar-refractivity contribution in [1.82, 2.24) is 0 Å². The van der Waals surface area contributed by atoms with Crippen LogP contribution in [-0.4, -0.2) is 11.0 Å². The van der Waals surface area contributed by atoms with Gasteiger partial charge in [0.1, 0.15) is 0 Å². The number of hydrogen-bond donors (Lipinski definition) is 1. The minimum absolute atomic E-state index is 0.0545. The third-order valence-corrected chi connectivity index (χ3v) is 4.28. The third-order valence-electron chi connectivity index (χ3n) is 4.28. The Balaban J connectivity index is 2.22. The molecule has 116 valence electrons. The standard InChI is InChI=1S/C15H20F2N2O2/c1-9(2)10-4-3-5-11(8-10)18-15-13(19(20)21)7-6-12(16)14(15)17/h6-7,9-11,18H,3-5,8H2,1-2H3. The molecule has 21 heavy (non-hydrogen) atoms. The van der Waals surface area contributed by atoms with Gasteiger partial charge in [-0.25, -0.2) is 8.78 Å². The summed E-state index contributed by atoms with van der Waals surface area (Å²) in [6.45, 7) is 4.27. The highest BCUT2D eigenvalue weighted by Crippen LogP contribution is 2.35. The van der Waals surface area contributed by atoms with Crippen molar-refractivity contribution >= 4 is 11.4 Å². The summed E-state index contributed by atoms with van der Waals surface area (Å²) in [6, 6.07) is 1.74. The third kappa shape index (κ3) is 3.49. The predicted octanol–water partition coefficient (Wildman–Crippen LogP) is 4.50. The van der Waals surface area contributed by atoms with Crippen LogP contribution >= 0.6 is 0 Å². The molecule has 0 spiro atoms. The molecule has 1 aromatic rings. The van der Waals surface area contributed by atoms with E-state index in [1.807, 2.05) is 0 Å². The van der Waals surface area contributed by atoms with Gasteiger partial charge in [-0.2, -0.15) is 0 Å². The Hall–Kier alpha value is -1.72. The molecule has 2 rings (SSSR count). The number of rotatable bonds is 4. The summed E-state index contributed by atoms with van der Waals surface area (Å²) in [7, 11) is 0. The second-order valence-electron chi connectivity index (χ2n) is 6.02. The number of nitrogens with zero attached hydrogens (tertiary/aromatic N) is 1. The summed E-state index contributed by atoms with van der Waals surface area (Å²) < 4.78 is 27.2. The Labute approximate surface area is 122 Å². The molecule has 2 atom stereocenters. The molecular weight excluding hydrogens is 278 g/mol. The van der Waals surface area contributed by atoms with Crippen LogP contribution < -0.4 is 5.32 Å². The van der Waals surface area contributed by atoms with Gasteiger partial charge >= 0.3 is 0 Å². The normalized spacial score (nSPS) is 22.3. The van der Waals surface area contributed by atoms with E-state index in [0.717, 1.165) is 37.8 Å². The van der Waals surface area contributed by atoms with Gasteiger partial charge < -0.3 is 5.32 Å². The predicted molar refractivity (Wildman–Crippen MR) is 77.2 cm³/mol. The van der Waals surface area contributed by atoms with Crippen LogP contribution in [0.15, 0.2) is 12.1 Å². The van der Waals surface area contributed by atoms with Crippen molar-refractivity contribution in [3.8, 4) is 0 Å². The molecule has 1 aromatic carbocycles. The van der Waals surface area contributed by atoms with E-state index >= 15 is 0 Å². The van der Waals surface area contributed by atoms with Gasteiger partial charge in [-0.1, -0.05) is 26.7 Å². The van der Waals surface area contributed by atoms with E-state index in [-0.39, 0.29) is 11.7 Å². The highest BCUT2D eigenvalue weighted by atomic mass is 19.2. The van der Waals surface area contributed by atoms with Gasteiger partial charge in [0.2, 0.25) is 0 Å². The summed E-state index contributed by atoms with van der Waals surface area (Å²) in [5, 5.41) is 13.8. The molecule has 0 heterocycles. The number of nitro groups is 1. The summed E-state index contributed by atoms with van der Waals surface area (Å²) in [5.41, 5.74) is -0.741. The highest BCUT2D eigenvalue weighted by molar-refractivity contribution is 5.63. The monoisotopic (exact) mass is 298 g/mol. The van der Waals surface area contributed by atoms with Crippen LogP contribution in [0.1, 0.15) is 39.5 Å². The molecule has 0 saturated heterocycles. The molecular formula is C15H20F2N2O2. The van der Waals surface area contributed by atoms with Gasteiger partial charge in [-0.3, -0.25) is 10.1 Å². The zero-order valence-corrected chi connectivity index (χ0v) is 12.2. The van der Waals surface area contributed by atoms with Crippen LogP contribution in [-0.2, 0) is 0 Å². The SMILES string of the molecule is CC(C)C1CCCC(Nc2c([N+](=O)[O-])ccc(F)c2F)C1. The van der Waals surface area contributed by atoms with Crippen LogP contribution in [0.25, 0.3) is 0 Å². The second-order valence-corrected chi connectivity index (χ2v) is 6.02. The summed E-state index contributed by atoms with van der Waals surface area (Å²) in [4.78, 5) is 10.3. The van der Waals surface area contributed by atoms with Crippen molar-refractivity contribution in [2.75, 3.05) is 5.32 Å². The van der Waals surface area contributed by atoms with Gasteiger partial charge in [0.05, 0.1) is 4.92 Å². The van der Waals surface area contributed by atoms with E-state index in [2.05, 4.69) is 19.2 Å². The molecule has 0 bridgehead atoms. The van der Waals surface area contributed by atoms with E-state index in [1.165, 1.54) is 0 Å². The van der Waals surface area contributed by atoms with Crippen molar-refractivity contribution in [3.63, 3.8) is 0 Å². The topological polar surface area (TPSA) is 55.2 Å². The number of nitrogens with one attached hydrogen (secondary N) is 1. The van der Waals surface area contributed by atoms with Crippen LogP contribution in [0.3, 0.4) is 0 Å². The first-order chi connectivity index (χ1) is 9.90. The van der Waals surface area contributed by atoms with E-state index in [9.17, 15) is 18.9 Å². The van der Waals surface area contributed by atoms with Crippen LogP contribution in [0.4, 0.5) is 20.2 Å². The minimum Gasteiger partial charge on any atom is -0.374 e. The molecule has 1 aliphatic rings. The summed E-state index contributed by atoms with van der Waals surface area (Å²) in [5.74, 6) is -1.22. The molecule has 1 N–H and O–H groups in total. The number of anilines is 1. The Kier molecular flexibility index (Phi) is 4.75. The molecule has 1 fully saturated rings. The lowest BCUT2D eigenvalue weighted by Crippen LogP contribution is -2.30. The van der Waals surface area contributed by atoms with E-state index in [4.69, 9.17) is 0 Å². The van der Waals surface area contributed by atoms with Gasteiger partial charge in [0.25, 0.3) is 5.69 Å². The lowest BCUT2D eigenvalue weighted by Gasteiger charge is -2.32. The molecule has 1 aliphatic carbocycles. The van der Waals surface area contributed by atoms with Crippen LogP contribution in [0, 0.1) is 33.6 Å². The maximum absolute atomic E-state index is 13.9. The number of benzene rings is 1. The van der Waals surface area contributed by atoms with Gasteiger partial charge in [0, 0.05) is 12.1 Å². The first-order valence-corrected chi connectivity index (χ1v) is 7.29. The molecule has 0 aliphatic heterocycles. The van der Waals surface area contributed by atoms with Crippen molar-refractivity contribution in [2.24, 2.45) is 11.8 Å². The Bertz CT molecular complexity index is 535. The Morgan fingerprint density at radius 1 is 1.33 bits per heavy atom. The fraction of sp³-hybridized carbons (Fsp3) is 0.600. The van der Waals surface area contributed by atoms with Crippen LogP contribution in [0.5, 0.6) is 0 Å². The van der Waals surface area contributed by atoms with Crippen molar-refractivity contribution in [3.05, 3.63) is 33.9 Å². The molecule has 6 heteroatoms. The molecule has 2 unspecified atom stereocenters. The minimum atomic E-state index is -1.17. The zero-order valence-electron chi connectivity index (χ0n) is 12.2. The van der Waals surface area contributed by atoms with Crippen molar-refractivity contribution in [1.29, 1.82) is 0 Å². The zero-order chi connectivity index (χ0) is 15.6. The molecule has 1 saturated carbocycles. The van der Waals surface area contributed by atoms with Crippen LogP contribution in [0.2, 0.25) is 0 Å². The van der Waals surface area contributed by atoms with E-state index in [1.54, 1.807) is 0 Å². The first-order valence-electron chi connectivity index (χ1n) is 7.29. The molecule has 0 radical (unpaired) electrons. The van der Waals surface area contributed by atoms with Gasteiger partial charge in [-0.15, -0.1) is 0 Å². The summed E-state index contributed by atoms with van der Waals surface area (Å²) in [6.07, 6.45) is 3.75. The molecule has 4 nitrogen and oxygen atoms in total. The van der Waals surface area contributed by atoms with E-state index in [0.29, 0.717) is 11.8 Å². The summed E-state index contributed by atoms with van der Waals surface area (Å²) >= 11 is 0. The molecule has 0 amide bonds. The lowest BCUT2D eigenvalue weighted by molar-refractivity contribution is -0.384. The second kappa shape index (κ2) is 6.37. The molecule has 0 aromatic heterocycles. The highest BCUT2D eigenvalue weighted by Gasteiger charge is 2.28. The Morgan fingerprint density at radius 2 is 2.05 bits per heavy atom. The fourth-order valence-corrected chi connectivity index (χ4v) is 3.00. The smallest absolute Gasteiger partial charge is 0.295 e. The van der Waals surface area contributed by atoms with Gasteiger partial charge in [0.15, 0.2) is 17.3 Å². The first kappa shape index (κ1) is 15.7.